The molecule has 0 saturated carbocycles. The molecule has 1 fully saturated rings. The van der Waals surface area contributed by atoms with E-state index >= 15 is 0 Å². The summed E-state index contributed by atoms with van der Waals surface area (Å²) in [5.41, 5.74) is 0.595. The first-order valence-electron chi connectivity index (χ1n) is 3.33. The molecule has 1 rings (SSSR count). The first-order chi connectivity index (χ1) is 4.10. The summed E-state index contributed by atoms with van der Waals surface area (Å²) >= 11 is 1.28. The van der Waals surface area contributed by atoms with Gasteiger partial charge in [-0.15, -0.1) is 0 Å². The monoisotopic (exact) mass is 245 g/mol. The van der Waals surface area contributed by atoms with Crippen molar-refractivity contribution in [3.05, 3.63) is 0 Å². The van der Waals surface area contributed by atoms with Gasteiger partial charge < -0.3 is 0 Å². The Morgan fingerprint density at radius 2 is 1.88 bits per heavy atom. The average molecular weight is 243 g/mol. The van der Waals surface area contributed by atoms with Crippen LogP contribution in [0.15, 0.2) is 0 Å². The van der Waals surface area contributed by atoms with Crippen molar-refractivity contribution in [1.29, 1.82) is 0 Å². The van der Waals surface area contributed by atoms with Gasteiger partial charge in [0.1, 0.15) is 0 Å². The van der Waals surface area contributed by atoms with Gasteiger partial charge in [0, 0.05) is 0 Å². The summed E-state index contributed by atoms with van der Waals surface area (Å²) in [4.78, 5) is 0. The molecular weight excluding hydrogens is 230 g/mol. The fourth-order valence-corrected chi connectivity index (χ4v) is 6.61. The van der Waals surface area contributed by atoms with Crippen molar-refractivity contribution in [2.75, 3.05) is 0 Å². The fraction of sp³-hybridized carbons (Fsp3) is 1.00. The van der Waals surface area contributed by atoms with Crippen LogP contribution in [0.3, 0.4) is 0 Å². The molecule has 0 aromatic rings. The summed E-state index contributed by atoms with van der Waals surface area (Å²) in [6.07, 6.45) is 0. The summed E-state index contributed by atoms with van der Waals surface area (Å²) in [7, 11) is 0. The van der Waals surface area contributed by atoms with Crippen molar-refractivity contribution in [2.45, 2.75) is 28.7 Å². The molecule has 8 heavy (non-hydrogen) atoms. The van der Waals surface area contributed by atoms with Crippen LogP contribution in [0.5, 0.6) is 0 Å². The summed E-state index contributed by atoms with van der Waals surface area (Å²) in [5, 5.41) is 2.66. The first-order valence-corrected chi connectivity index (χ1v) is 7.16. The van der Waals surface area contributed by atoms with E-state index in [0.29, 0.717) is 39.5 Å². The molecule has 48 valence electrons. The van der Waals surface area contributed by atoms with Gasteiger partial charge in [-0.3, -0.25) is 0 Å². The SMILES string of the molecule is [2H]C1[Se]CC(C)(C)C[Se]1. The minimum absolute atomic E-state index is 0.373. The summed E-state index contributed by atoms with van der Waals surface area (Å²) < 4.78 is 7.88. The molecule has 0 atom stereocenters. The number of rotatable bonds is 0. The van der Waals surface area contributed by atoms with E-state index in [1.165, 1.54) is 10.6 Å². The molecule has 1 saturated heterocycles. The van der Waals surface area contributed by atoms with Crippen LogP contribution in [0.2, 0.25) is 14.8 Å². The molecule has 0 spiro atoms. The third-order valence-corrected chi connectivity index (χ3v) is 8.60. The summed E-state index contributed by atoms with van der Waals surface area (Å²) in [6.45, 7) is 4.67. The van der Waals surface area contributed by atoms with Crippen LogP contribution in [0.4, 0.5) is 0 Å². The Kier molecular flexibility index (Phi) is 1.99. The zero-order chi connectivity index (χ0) is 6.91. The van der Waals surface area contributed by atoms with Gasteiger partial charge in [-0.2, -0.15) is 0 Å². The first kappa shape index (κ1) is 5.80. The molecule has 0 N–H and O–H groups in total. The maximum atomic E-state index is 7.50. The summed E-state index contributed by atoms with van der Waals surface area (Å²) in [6, 6.07) is 0. The van der Waals surface area contributed by atoms with Crippen molar-refractivity contribution in [3.63, 3.8) is 0 Å². The standard InChI is InChI=1S/C6H12Se2/c1-6(2)3-7-5-8-4-6/h3-5H2,1-2H3/i5D. The van der Waals surface area contributed by atoms with Crippen molar-refractivity contribution < 1.29 is 1.37 Å². The van der Waals surface area contributed by atoms with Crippen molar-refractivity contribution in [1.82, 2.24) is 0 Å². The molecule has 1 aliphatic heterocycles. The molecule has 1 heterocycles. The molecule has 0 bridgehead atoms. The van der Waals surface area contributed by atoms with E-state index in [1.54, 1.807) is 0 Å². The van der Waals surface area contributed by atoms with E-state index in [1.807, 2.05) is 0 Å². The Labute approximate surface area is 65.5 Å². The predicted octanol–water partition coefficient (Wildman–Crippen LogP) is 1.65. The Hall–Kier alpha value is 1.04. The van der Waals surface area contributed by atoms with Gasteiger partial charge in [0.25, 0.3) is 0 Å². The Morgan fingerprint density at radius 3 is 2.25 bits per heavy atom. The van der Waals surface area contributed by atoms with Crippen molar-refractivity contribution in [2.24, 2.45) is 5.41 Å². The van der Waals surface area contributed by atoms with Crippen LogP contribution in [-0.2, 0) is 0 Å². The van der Waals surface area contributed by atoms with E-state index in [4.69, 9.17) is 1.37 Å². The van der Waals surface area contributed by atoms with E-state index < -0.39 is 0 Å². The van der Waals surface area contributed by atoms with Crippen LogP contribution in [-0.4, -0.2) is 29.9 Å². The van der Waals surface area contributed by atoms with Gasteiger partial charge in [-0.25, -0.2) is 0 Å². The maximum absolute atomic E-state index is 7.50. The molecule has 0 radical (unpaired) electrons. The third kappa shape index (κ3) is 2.11. The van der Waals surface area contributed by atoms with Gasteiger partial charge in [0.2, 0.25) is 0 Å². The number of hydrogen-bond acceptors (Lipinski definition) is 0. The number of hydrogen-bond donors (Lipinski definition) is 0. The topological polar surface area (TPSA) is 0 Å². The van der Waals surface area contributed by atoms with Crippen LogP contribution >= 0.6 is 0 Å². The Bertz CT molecular complexity index is 93.2. The van der Waals surface area contributed by atoms with Gasteiger partial charge in [-0.1, -0.05) is 0 Å². The molecule has 0 aromatic carbocycles. The molecule has 0 aromatic heterocycles. The molecule has 0 amide bonds. The minimum atomic E-state index is 0.373. The van der Waals surface area contributed by atoms with Crippen LogP contribution in [0, 0.1) is 5.41 Å². The Balaban J connectivity index is 2.35. The normalized spacial score (nSPS) is 32.0. The van der Waals surface area contributed by atoms with Gasteiger partial charge in [0.05, 0.1) is 0 Å². The van der Waals surface area contributed by atoms with Gasteiger partial charge in [0.15, 0.2) is 0 Å². The predicted molar refractivity (Wildman–Crippen MR) is 39.7 cm³/mol. The quantitative estimate of drug-likeness (QED) is 0.567. The molecule has 1 aliphatic rings. The van der Waals surface area contributed by atoms with Crippen LogP contribution < -0.4 is 0 Å². The second-order valence-electron chi connectivity index (χ2n) is 2.88. The average Bonchev–Trinajstić information content (AvgIpc) is 1.78. The second kappa shape index (κ2) is 2.75. The molecule has 0 unspecified atom stereocenters. The van der Waals surface area contributed by atoms with Gasteiger partial charge in [-0.05, 0) is 0 Å². The van der Waals surface area contributed by atoms with E-state index in [2.05, 4.69) is 13.8 Å². The third-order valence-electron chi connectivity index (χ3n) is 1.08. The van der Waals surface area contributed by atoms with Crippen LogP contribution in [0.25, 0.3) is 0 Å². The van der Waals surface area contributed by atoms with E-state index in [-0.39, 0.29) is 0 Å². The van der Waals surface area contributed by atoms with E-state index in [9.17, 15) is 0 Å². The second-order valence-corrected chi connectivity index (χ2v) is 7.99. The van der Waals surface area contributed by atoms with E-state index in [0.717, 1.165) is 0 Å². The fourth-order valence-electron chi connectivity index (χ4n) is 0.609. The van der Waals surface area contributed by atoms with Crippen LogP contribution in [0.1, 0.15) is 15.2 Å². The molecular formula is C6H12Se2. The van der Waals surface area contributed by atoms with Gasteiger partial charge >= 0.3 is 65.4 Å². The summed E-state index contributed by atoms with van der Waals surface area (Å²) in [5.74, 6) is 0. The zero-order valence-electron chi connectivity index (χ0n) is 6.31. The molecule has 0 aliphatic carbocycles. The Morgan fingerprint density at radius 1 is 1.38 bits per heavy atom. The molecule has 0 nitrogen and oxygen atoms in total. The van der Waals surface area contributed by atoms with Crippen molar-refractivity contribution in [3.8, 4) is 0 Å². The molecule has 2 heteroatoms. The zero-order valence-corrected chi connectivity index (χ0v) is 8.73. The van der Waals surface area contributed by atoms with Crippen molar-refractivity contribution >= 4 is 29.9 Å².